The Morgan fingerprint density at radius 3 is 2.53 bits per heavy atom. The van der Waals surface area contributed by atoms with Gasteiger partial charge in [0.2, 0.25) is 10.0 Å². The van der Waals surface area contributed by atoms with Crippen molar-refractivity contribution in [1.29, 1.82) is 0 Å². The number of nitrogens with zero attached hydrogens (tertiary/aromatic N) is 1. The van der Waals surface area contributed by atoms with Crippen molar-refractivity contribution in [2.75, 3.05) is 18.4 Å². The summed E-state index contributed by atoms with van der Waals surface area (Å²) in [4.78, 5) is 0.247. The highest BCUT2D eigenvalue weighted by Crippen LogP contribution is 2.26. The topological polar surface area (TPSA) is 37.4 Å². The fourth-order valence-corrected chi connectivity index (χ4v) is 4.12. The van der Waals surface area contributed by atoms with Gasteiger partial charge in [-0.25, -0.2) is 8.42 Å². The lowest BCUT2D eigenvalue weighted by Gasteiger charge is -2.19. The molecule has 0 bridgehead atoms. The van der Waals surface area contributed by atoms with E-state index in [9.17, 15) is 8.42 Å². The Bertz CT molecular complexity index is 493. The van der Waals surface area contributed by atoms with Gasteiger partial charge in [-0.3, -0.25) is 0 Å². The number of alkyl halides is 1. The van der Waals surface area contributed by atoms with Gasteiger partial charge in [0.05, 0.1) is 9.92 Å². The zero-order valence-electron chi connectivity index (χ0n) is 9.16. The highest BCUT2D eigenvalue weighted by Gasteiger charge is 2.22. The second-order valence-corrected chi connectivity index (χ2v) is 7.25. The minimum atomic E-state index is -3.44. The molecule has 0 unspecified atom stereocenters. The molecule has 0 N–H and O–H groups in total. The quantitative estimate of drug-likeness (QED) is 0.703. The van der Waals surface area contributed by atoms with Crippen molar-refractivity contribution in [1.82, 2.24) is 4.31 Å². The molecule has 0 aromatic heterocycles. The van der Waals surface area contributed by atoms with E-state index in [2.05, 4.69) is 31.9 Å². The van der Waals surface area contributed by atoms with E-state index < -0.39 is 10.0 Å². The van der Waals surface area contributed by atoms with Crippen LogP contribution in [0.2, 0.25) is 5.02 Å². The molecule has 0 aliphatic carbocycles. The van der Waals surface area contributed by atoms with Gasteiger partial charge >= 0.3 is 0 Å². The van der Waals surface area contributed by atoms with Crippen LogP contribution in [0.1, 0.15) is 6.92 Å². The first-order valence-corrected chi connectivity index (χ1v) is 8.68. The van der Waals surface area contributed by atoms with Crippen molar-refractivity contribution in [3.8, 4) is 0 Å². The first kappa shape index (κ1) is 15.4. The van der Waals surface area contributed by atoms with Crippen LogP contribution >= 0.6 is 43.5 Å². The van der Waals surface area contributed by atoms with E-state index in [0.717, 1.165) is 0 Å². The number of rotatable bonds is 5. The van der Waals surface area contributed by atoms with Crippen LogP contribution in [0.25, 0.3) is 0 Å². The van der Waals surface area contributed by atoms with Gasteiger partial charge in [-0.2, -0.15) is 4.31 Å². The van der Waals surface area contributed by atoms with E-state index in [1.54, 1.807) is 6.07 Å². The average molecular weight is 406 g/mol. The van der Waals surface area contributed by atoms with Gasteiger partial charge in [-0.15, -0.1) is 0 Å². The lowest BCUT2D eigenvalue weighted by atomic mass is 10.4. The second-order valence-electron chi connectivity index (χ2n) is 3.26. The largest absolute Gasteiger partial charge is 0.243 e. The maximum atomic E-state index is 12.3. The summed E-state index contributed by atoms with van der Waals surface area (Å²) in [7, 11) is -3.44. The minimum absolute atomic E-state index is 0.247. The molecule has 7 heteroatoms. The standard InChI is InChI=1S/C10H12Br2ClNO2S/c1-2-14(6-5-11)17(15,16)8-3-4-10(13)9(12)7-8/h3-4,7H,2,5-6H2,1H3. The summed E-state index contributed by atoms with van der Waals surface area (Å²) in [5.74, 6) is 0. The number of hydrogen-bond donors (Lipinski definition) is 0. The van der Waals surface area contributed by atoms with Crippen LogP contribution in [0.5, 0.6) is 0 Å². The fraction of sp³-hybridized carbons (Fsp3) is 0.400. The number of hydrogen-bond acceptors (Lipinski definition) is 2. The highest BCUT2D eigenvalue weighted by molar-refractivity contribution is 9.10. The molecule has 0 amide bonds. The first-order valence-electron chi connectivity index (χ1n) is 4.94. The molecule has 0 heterocycles. The van der Waals surface area contributed by atoms with Crippen LogP contribution in [0, 0.1) is 0 Å². The Hall–Kier alpha value is 0.380. The average Bonchev–Trinajstić information content (AvgIpc) is 2.29. The van der Waals surface area contributed by atoms with Gasteiger partial charge in [0, 0.05) is 22.9 Å². The maximum Gasteiger partial charge on any atom is 0.243 e. The Morgan fingerprint density at radius 1 is 1.41 bits per heavy atom. The van der Waals surface area contributed by atoms with E-state index in [1.165, 1.54) is 16.4 Å². The minimum Gasteiger partial charge on any atom is -0.207 e. The van der Waals surface area contributed by atoms with Crippen LogP contribution < -0.4 is 0 Å². The van der Waals surface area contributed by atoms with Gasteiger partial charge in [-0.1, -0.05) is 34.5 Å². The molecular formula is C10H12Br2ClNO2S. The van der Waals surface area contributed by atoms with E-state index in [0.29, 0.717) is 27.9 Å². The van der Waals surface area contributed by atoms with Crippen molar-refractivity contribution in [3.63, 3.8) is 0 Å². The number of sulfonamides is 1. The van der Waals surface area contributed by atoms with Crippen molar-refractivity contribution in [3.05, 3.63) is 27.7 Å². The SMILES string of the molecule is CCN(CCBr)S(=O)(=O)c1ccc(Cl)c(Br)c1. The Balaban J connectivity index is 3.15. The summed E-state index contributed by atoms with van der Waals surface area (Å²) in [6.07, 6.45) is 0. The summed E-state index contributed by atoms with van der Waals surface area (Å²) in [5.41, 5.74) is 0. The van der Waals surface area contributed by atoms with Crippen molar-refractivity contribution < 1.29 is 8.42 Å². The molecule has 1 aromatic rings. The third kappa shape index (κ3) is 3.67. The molecule has 0 aliphatic rings. The molecule has 1 aromatic carbocycles. The summed E-state index contributed by atoms with van der Waals surface area (Å²) < 4.78 is 26.5. The van der Waals surface area contributed by atoms with Crippen LogP contribution in [0.3, 0.4) is 0 Å². The summed E-state index contributed by atoms with van der Waals surface area (Å²) in [6, 6.07) is 4.61. The lowest BCUT2D eigenvalue weighted by molar-refractivity contribution is 0.448. The van der Waals surface area contributed by atoms with Crippen molar-refractivity contribution in [2.24, 2.45) is 0 Å². The summed E-state index contributed by atoms with van der Waals surface area (Å²) in [5, 5.41) is 1.10. The molecule has 0 fully saturated rings. The molecular weight excluding hydrogens is 393 g/mol. The molecule has 17 heavy (non-hydrogen) atoms. The van der Waals surface area contributed by atoms with Gasteiger partial charge in [0.25, 0.3) is 0 Å². The van der Waals surface area contributed by atoms with Crippen molar-refractivity contribution in [2.45, 2.75) is 11.8 Å². The zero-order valence-corrected chi connectivity index (χ0v) is 13.9. The van der Waals surface area contributed by atoms with Gasteiger partial charge in [0.15, 0.2) is 0 Å². The number of benzene rings is 1. The predicted octanol–water partition coefficient (Wildman–Crippen LogP) is 3.51. The highest BCUT2D eigenvalue weighted by atomic mass is 79.9. The van der Waals surface area contributed by atoms with E-state index in [4.69, 9.17) is 11.6 Å². The molecule has 0 aliphatic heterocycles. The predicted molar refractivity (Wildman–Crippen MR) is 77.4 cm³/mol. The summed E-state index contributed by atoms with van der Waals surface area (Å²) in [6.45, 7) is 2.69. The van der Waals surface area contributed by atoms with E-state index in [1.807, 2.05) is 6.92 Å². The molecule has 0 spiro atoms. The monoisotopic (exact) mass is 403 g/mol. The van der Waals surface area contributed by atoms with E-state index in [-0.39, 0.29) is 4.90 Å². The van der Waals surface area contributed by atoms with Crippen molar-refractivity contribution >= 4 is 53.5 Å². The van der Waals surface area contributed by atoms with Crippen LogP contribution in [-0.2, 0) is 10.0 Å². The Labute approximate surface area is 123 Å². The van der Waals surface area contributed by atoms with Gasteiger partial charge in [0.1, 0.15) is 0 Å². The van der Waals surface area contributed by atoms with Crippen LogP contribution in [0.15, 0.2) is 27.6 Å². The summed E-state index contributed by atoms with van der Waals surface area (Å²) >= 11 is 12.3. The Kier molecular flexibility index (Phi) is 5.92. The third-order valence-electron chi connectivity index (χ3n) is 2.22. The molecule has 3 nitrogen and oxygen atoms in total. The zero-order chi connectivity index (χ0) is 13.1. The third-order valence-corrected chi connectivity index (χ3v) is 5.75. The molecule has 96 valence electrons. The fourth-order valence-electron chi connectivity index (χ4n) is 1.33. The smallest absolute Gasteiger partial charge is 0.207 e. The molecule has 1 rings (SSSR count). The molecule has 0 atom stereocenters. The normalized spacial score (nSPS) is 12.1. The van der Waals surface area contributed by atoms with Gasteiger partial charge in [-0.05, 0) is 34.1 Å². The van der Waals surface area contributed by atoms with Gasteiger partial charge < -0.3 is 0 Å². The lowest BCUT2D eigenvalue weighted by Crippen LogP contribution is -2.32. The second kappa shape index (κ2) is 6.52. The first-order chi connectivity index (χ1) is 7.93. The molecule has 0 saturated heterocycles. The Morgan fingerprint density at radius 2 is 2.06 bits per heavy atom. The van der Waals surface area contributed by atoms with E-state index >= 15 is 0 Å². The van der Waals surface area contributed by atoms with Crippen LogP contribution in [-0.4, -0.2) is 31.1 Å². The molecule has 0 radical (unpaired) electrons. The number of halogens is 3. The maximum absolute atomic E-state index is 12.3. The molecule has 0 saturated carbocycles. The van der Waals surface area contributed by atoms with Crippen LogP contribution in [0.4, 0.5) is 0 Å².